The van der Waals surface area contributed by atoms with Crippen LogP contribution in [0.5, 0.6) is 0 Å². The third-order valence-electron chi connectivity index (χ3n) is 2.78. The van der Waals surface area contributed by atoms with Crippen LogP contribution >= 0.6 is 11.8 Å². The van der Waals surface area contributed by atoms with Gasteiger partial charge in [-0.2, -0.15) is 0 Å². The molecule has 16 heavy (non-hydrogen) atoms. The molecule has 0 spiro atoms. The molecule has 0 amide bonds. The van der Waals surface area contributed by atoms with Crippen LogP contribution in [0.3, 0.4) is 0 Å². The fourth-order valence-electron chi connectivity index (χ4n) is 1.92. The zero-order valence-corrected chi connectivity index (χ0v) is 10.1. The highest BCUT2D eigenvalue weighted by Crippen LogP contribution is 2.45. The molecule has 3 nitrogen and oxygen atoms in total. The zero-order chi connectivity index (χ0) is 11.8. The van der Waals surface area contributed by atoms with E-state index in [4.69, 9.17) is 5.11 Å². The highest BCUT2D eigenvalue weighted by atomic mass is 32.2. The predicted molar refractivity (Wildman–Crippen MR) is 65.4 cm³/mol. The minimum absolute atomic E-state index is 0.0669. The van der Waals surface area contributed by atoms with Gasteiger partial charge < -0.3 is 5.11 Å². The van der Waals surface area contributed by atoms with Gasteiger partial charge in [-0.05, 0) is 19.4 Å². The summed E-state index contributed by atoms with van der Waals surface area (Å²) < 4.78 is -0.285. The Morgan fingerprint density at radius 1 is 1.38 bits per heavy atom. The summed E-state index contributed by atoms with van der Waals surface area (Å²) in [5, 5.41) is 12.4. The number of rotatable bonds is 2. The Labute approximate surface area is 99.2 Å². The highest BCUT2D eigenvalue weighted by Gasteiger charge is 2.45. The van der Waals surface area contributed by atoms with Gasteiger partial charge in [0.2, 0.25) is 0 Å². The molecule has 86 valence electrons. The maximum absolute atomic E-state index is 11.1. The topological polar surface area (TPSA) is 49.3 Å². The van der Waals surface area contributed by atoms with Crippen molar-refractivity contribution in [2.45, 2.75) is 30.0 Å². The summed E-state index contributed by atoms with van der Waals surface area (Å²) in [7, 11) is 0. The third kappa shape index (κ3) is 2.08. The van der Waals surface area contributed by atoms with Crippen molar-refractivity contribution in [3.05, 3.63) is 35.9 Å². The van der Waals surface area contributed by atoms with Gasteiger partial charge in [0, 0.05) is 4.75 Å². The van der Waals surface area contributed by atoms with E-state index in [0.29, 0.717) is 0 Å². The van der Waals surface area contributed by atoms with Gasteiger partial charge in [0.15, 0.2) is 0 Å². The van der Waals surface area contributed by atoms with E-state index in [2.05, 4.69) is 5.32 Å². The van der Waals surface area contributed by atoms with Gasteiger partial charge in [0.05, 0.1) is 5.37 Å². The average molecular weight is 237 g/mol. The third-order valence-corrected chi connectivity index (χ3v) is 4.27. The van der Waals surface area contributed by atoms with Gasteiger partial charge in [-0.15, -0.1) is 11.8 Å². The molecule has 0 radical (unpaired) electrons. The van der Waals surface area contributed by atoms with E-state index in [-0.39, 0.29) is 10.1 Å². The van der Waals surface area contributed by atoms with Gasteiger partial charge in [0.1, 0.15) is 6.04 Å². The summed E-state index contributed by atoms with van der Waals surface area (Å²) in [4.78, 5) is 11.1. The lowest BCUT2D eigenvalue weighted by atomic mass is 10.0. The van der Waals surface area contributed by atoms with Gasteiger partial charge in [0.25, 0.3) is 0 Å². The van der Waals surface area contributed by atoms with Crippen molar-refractivity contribution in [3.63, 3.8) is 0 Å². The van der Waals surface area contributed by atoms with Gasteiger partial charge in [-0.3, -0.25) is 10.1 Å². The molecule has 1 heterocycles. The molecule has 0 unspecified atom stereocenters. The van der Waals surface area contributed by atoms with Crippen molar-refractivity contribution in [2.75, 3.05) is 0 Å². The first-order chi connectivity index (χ1) is 7.50. The number of aliphatic carboxylic acids is 1. The van der Waals surface area contributed by atoms with Crippen molar-refractivity contribution in [1.29, 1.82) is 0 Å². The first-order valence-corrected chi connectivity index (χ1v) is 6.10. The maximum Gasteiger partial charge on any atom is 0.322 e. The van der Waals surface area contributed by atoms with Crippen LogP contribution < -0.4 is 5.32 Å². The Kier molecular flexibility index (Phi) is 2.95. The maximum atomic E-state index is 11.1. The molecule has 1 aliphatic rings. The molecule has 2 rings (SSSR count). The van der Waals surface area contributed by atoms with Crippen molar-refractivity contribution in [1.82, 2.24) is 5.32 Å². The van der Waals surface area contributed by atoms with Gasteiger partial charge >= 0.3 is 5.97 Å². The number of carboxylic acid groups (broad SMARTS) is 1. The van der Waals surface area contributed by atoms with E-state index in [1.807, 2.05) is 44.2 Å². The molecular weight excluding hydrogens is 222 g/mol. The molecule has 1 aromatic rings. The van der Waals surface area contributed by atoms with Crippen LogP contribution in [0.2, 0.25) is 0 Å². The first-order valence-electron chi connectivity index (χ1n) is 5.22. The lowest BCUT2D eigenvalue weighted by molar-refractivity contribution is -0.139. The van der Waals surface area contributed by atoms with E-state index in [1.54, 1.807) is 11.8 Å². The molecule has 0 bridgehead atoms. The summed E-state index contributed by atoms with van der Waals surface area (Å²) in [6.45, 7) is 3.93. The molecule has 0 saturated carbocycles. The predicted octanol–water partition coefficient (Wildman–Crippen LogP) is 2.25. The van der Waals surface area contributed by atoms with Crippen LogP contribution in [-0.2, 0) is 4.79 Å². The molecule has 1 aliphatic heterocycles. The fraction of sp³-hybridized carbons (Fsp3) is 0.417. The van der Waals surface area contributed by atoms with Crippen LogP contribution in [0.15, 0.2) is 30.3 Å². The Morgan fingerprint density at radius 3 is 2.50 bits per heavy atom. The summed E-state index contributed by atoms with van der Waals surface area (Å²) in [5.74, 6) is -0.782. The molecule has 2 atom stereocenters. The second-order valence-corrected chi connectivity index (χ2v) is 6.21. The Bertz CT molecular complexity index is 391. The lowest BCUT2D eigenvalue weighted by Crippen LogP contribution is -2.43. The highest BCUT2D eigenvalue weighted by molar-refractivity contribution is 8.01. The van der Waals surface area contributed by atoms with Crippen molar-refractivity contribution in [3.8, 4) is 0 Å². The Morgan fingerprint density at radius 2 is 2.00 bits per heavy atom. The normalized spacial score (nSPS) is 27.9. The van der Waals surface area contributed by atoms with E-state index < -0.39 is 12.0 Å². The average Bonchev–Trinajstić information content (AvgIpc) is 2.56. The standard InChI is InChI=1S/C12H15NO2S/c1-12(2)9(11(14)15)13-10(16-12)8-6-4-3-5-7-8/h3-7,9-10,13H,1-2H3,(H,14,15)/t9-,10-/m1/s1. The second-order valence-electron chi connectivity index (χ2n) is 4.45. The van der Waals surface area contributed by atoms with Crippen LogP contribution in [-0.4, -0.2) is 21.9 Å². The molecular formula is C12H15NO2S. The number of nitrogens with one attached hydrogen (secondary N) is 1. The van der Waals surface area contributed by atoms with Crippen LogP contribution in [0.25, 0.3) is 0 Å². The fourth-order valence-corrected chi connectivity index (χ4v) is 3.33. The van der Waals surface area contributed by atoms with Gasteiger partial charge in [-0.1, -0.05) is 30.3 Å². The van der Waals surface area contributed by atoms with Crippen molar-refractivity contribution < 1.29 is 9.90 Å². The van der Waals surface area contributed by atoms with E-state index >= 15 is 0 Å². The molecule has 1 aromatic carbocycles. The lowest BCUT2D eigenvalue weighted by Gasteiger charge is -2.20. The summed E-state index contributed by atoms with van der Waals surface area (Å²) >= 11 is 1.67. The molecule has 4 heteroatoms. The number of benzene rings is 1. The molecule has 1 fully saturated rings. The Hall–Kier alpha value is -1.00. The van der Waals surface area contributed by atoms with Crippen LogP contribution in [0.1, 0.15) is 24.8 Å². The molecule has 1 saturated heterocycles. The van der Waals surface area contributed by atoms with E-state index in [1.165, 1.54) is 0 Å². The minimum Gasteiger partial charge on any atom is -0.480 e. The largest absolute Gasteiger partial charge is 0.480 e. The van der Waals surface area contributed by atoms with Crippen molar-refractivity contribution in [2.24, 2.45) is 0 Å². The van der Waals surface area contributed by atoms with Gasteiger partial charge in [-0.25, -0.2) is 0 Å². The number of hydrogen-bond acceptors (Lipinski definition) is 3. The monoisotopic (exact) mass is 237 g/mol. The number of thioether (sulfide) groups is 1. The second kappa shape index (κ2) is 4.11. The van der Waals surface area contributed by atoms with Crippen LogP contribution in [0, 0.1) is 0 Å². The zero-order valence-electron chi connectivity index (χ0n) is 9.31. The number of carbonyl (C=O) groups is 1. The summed E-state index contributed by atoms with van der Waals surface area (Å²) in [5.41, 5.74) is 1.13. The molecule has 0 aromatic heterocycles. The van der Waals surface area contributed by atoms with Crippen LogP contribution in [0.4, 0.5) is 0 Å². The van der Waals surface area contributed by atoms with E-state index in [0.717, 1.165) is 5.56 Å². The number of carboxylic acids is 1. The summed E-state index contributed by atoms with van der Waals surface area (Å²) in [6.07, 6.45) is 0. The smallest absolute Gasteiger partial charge is 0.322 e. The minimum atomic E-state index is -0.782. The first kappa shape index (κ1) is 11.5. The van der Waals surface area contributed by atoms with E-state index in [9.17, 15) is 4.79 Å². The quantitative estimate of drug-likeness (QED) is 0.828. The SMILES string of the molecule is CC1(C)S[C@H](c2ccccc2)N[C@@H]1C(=O)O. The Balaban J connectivity index is 2.21. The number of hydrogen-bond donors (Lipinski definition) is 2. The summed E-state index contributed by atoms with van der Waals surface area (Å²) in [6, 6.07) is 9.44. The molecule has 2 N–H and O–H groups in total. The molecule has 0 aliphatic carbocycles. The van der Waals surface area contributed by atoms with Crippen molar-refractivity contribution >= 4 is 17.7 Å².